The predicted molar refractivity (Wildman–Crippen MR) is 109 cm³/mol. The lowest BCUT2D eigenvalue weighted by atomic mass is 10.2. The summed E-state index contributed by atoms with van der Waals surface area (Å²) >= 11 is 6.06. The van der Waals surface area contributed by atoms with E-state index in [2.05, 4.69) is 15.3 Å². The Morgan fingerprint density at radius 1 is 1.00 bits per heavy atom. The largest absolute Gasteiger partial charge is 0.340 e. The van der Waals surface area contributed by atoms with Crippen molar-refractivity contribution in [3.63, 3.8) is 0 Å². The Labute approximate surface area is 168 Å². The number of nitrogens with one attached hydrogen (secondary N) is 1. The standard InChI is InChI=1S/C21H19ClN4O2/c1-26(14-11-15-9-12-23-13-10-15)21(28)19-8-4-7-18(24-19)20(27)25-17-6-3-2-5-16(17)22/h2-10,12-13H,11,14H2,1H3,(H,25,27). The van der Waals surface area contributed by atoms with Gasteiger partial charge in [-0.1, -0.05) is 29.8 Å². The first-order chi connectivity index (χ1) is 13.5. The number of nitrogens with zero attached hydrogens (tertiary/aromatic N) is 3. The Kier molecular flexibility index (Phi) is 6.34. The van der Waals surface area contributed by atoms with Crippen LogP contribution in [0.2, 0.25) is 5.02 Å². The van der Waals surface area contributed by atoms with Crippen molar-refractivity contribution in [3.8, 4) is 0 Å². The highest BCUT2D eigenvalue weighted by Crippen LogP contribution is 2.21. The molecule has 6 nitrogen and oxygen atoms in total. The fourth-order valence-corrected chi connectivity index (χ4v) is 2.76. The van der Waals surface area contributed by atoms with Crippen LogP contribution in [0.4, 0.5) is 5.69 Å². The summed E-state index contributed by atoms with van der Waals surface area (Å²) in [6.07, 6.45) is 4.15. The number of halogens is 1. The number of hydrogen-bond donors (Lipinski definition) is 1. The van der Waals surface area contributed by atoms with Crippen LogP contribution in [0, 0.1) is 0 Å². The van der Waals surface area contributed by atoms with Crippen molar-refractivity contribution in [2.45, 2.75) is 6.42 Å². The minimum absolute atomic E-state index is 0.147. The average molecular weight is 395 g/mol. The van der Waals surface area contributed by atoms with Crippen LogP contribution in [0.1, 0.15) is 26.5 Å². The van der Waals surface area contributed by atoms with Gasteiger partial charge in [0.2, 0.25) is 0 Å². The molecular weight excluding hydrogens is 376 g/mol. The molecule has 0 atom stereocenters. The smallest absolute Gasteiger partial charge is 0.274 e. The van der Waals surface area contributed by atoms with Crippen LogP contribution >= 0.6 is 11.6 Å². The number of pyridine rings is 2. The van der Waals surface area contributed by atoms with E-state index in [0.29, 0.717) is 23.7 Å². The fourth-order valence-electron chi connectivity index (χ4n) is 2.57. The average Bonchev–Trinajstić information content (AvgIpc) is 2.74. The lowest BCUT2D eigenvalue weighted by molar-refractivity contribution is 0.0790. The Bertz CT molecular complexity index is 979. The number of hydrogen-bond acceptors (Lipinski definition) is 4. The molecule has 0 unspecified atom stereocenters. The zero-order valence-corrected chi connectivity index (χ0v) is 16.1. The molecule has 2 heterocycles. The third-order valence-electron chi connectivity index (χ3n) is 4.15. The van der Waals surface area contributed by atoms with Gasteiger partial charge in [-0.3, -0.25) is 14.6 Å². The van der Waals surface area contributed by atoms with Crippen molar-refractivity contribution in [1.29, 1.82) is 0 Å². The second-order valence-corrected chi connectivity index (χ2v) is 6.58. The van der Waals surface area contributed by atoms with E-state index in [1.807, 2.05) is 12.1 Å². The molecular formula is C21H19ClN4O2. The van der Waals surface area contributed by atoms with E-state index in [-0.39, 0.29) is 17.3 Å². The van der Waals surface area contributed by atoms with Crippen molar-refractivity contribution in [1.82, 2.24) is 14.9 Å². The molecule has 3 rings (SSSR count). The second kappa shape index (κ2) is 9.10. The van der Waals surface area contributed by atoms with Crippen molar-refractivity contribution >= 4 is 29.1 Å². The molecule has 0 saturated carbocycles. The third kappa shape index (κ3) is 4.92. The minimum atomic E-state index is -0.429. The molecule has 7 heteroatoms. The molecule has 0 aliphatic heterocycles. The highest BCUT2D eigenvalue weighted by molar-refractivity contribution is 6.33. The minimum Gasteiger partial charge on any atom is -0.340 e. The Morgan fingerprint density at radius 3 is 2.46 bits per heavy atom. The summed E-state index contributed by atoms with van der Waals surface area (Å²) in [4.78, 5) is 34.9. The fraction of sp³-hybridized carbons (Fsp3) is 0.143. The molecule has 1 N–H and O–H groups in total. The summed E-state index contributed by atoms with van der Waals surface area (Å²) in [6.45, 7) is 0.528. The number of amides is 2. The normalized spacial score (nSPS) is 10.4. The van der Waals surface area contributed by atoms with E-state index in [4.69, 9.17) is 11.6 Å². The van der Waals surface area contributed by atoms with E-state index in [0.717, 1.165) is 5.56 Å². The first-order valence-electron chi connectivity index (χ1n) is 8.72. The molecule has 2 amide bonds. The maximum Gasteiger partial charge on any atom is 0.274 e. The molecule has 142 valence electrons. The van der Waals surface area contributed by atoms with Gasteiger partial charge in [-0.2, -0.15) is 0 Å². The SMILES string of the molecule is CN(CCc1ccncc1)C(=O)c1cccc(C(=O)Nc2ccccc2Cl)n1. The number of rotatable bonds is 6. The van der Waals surface area contributed by atoms with Gasteiger partial charge in [0.15, 0.2) is 0 Å². The van der Waals surface area contributed by atoms with Gasteiger partial charge in [-0.05, 0) is 48.4 Å². The van der Waals surface area contributed by atoms with Crippen molar-refractivity contribution in [2.75, 3.05) is 18.9 Å². The topological polar surface area (TPSA) is 75.2 Å². The molecule has 0 fully saturated rings. The summed E-state index contributed by atoms with van der Waals surface area (Å²) in [5.74, 6) is -0.677. The van der Waals surface area contributed by atoms with Gasteiger partial charge in [0.05, 0.1) is 10.7 Å². The maximum absolute atomic E-state index is 12.7. The summed E-state index contributed by atoms with van der Waals surface area (Å²) < 4.78 is 0. The Morgan fingerprint density at radius 2 is 1.71 bits per heavy atom. The van der Waals surface area contributed by atoms with Crippen LogP contribution in [-0.4, -0.2) is 40.3 Å². The van der Waals surface area contributed by atoms with Crippen LogP contribution in [-0.2, 0) is 6.42 Å². The van der Waals surface area contributed by atoms with Gasteiger partial charge in [0.1, 0.15) is 11.4 Å². The molecule has 0 radical (unpaired) electrons. The van der Waals surface area contributed by atoms with Crippen molar-refractivity contribution in [2.24, 2.45) is 0 Å². The summed E-state index contributed by atoms with van der Waals surface area (Å²) in [5, 5.41) is 3.13. The monoisotopic (exact) mass is 394 g/mol. The summed E-state index contributed by atoms with van der Waals surface area (Å²) in [6, 6.07) is 15.5. The van der Waals surface area contributed by atoms with Crippen LogP contribution < -0.4 is 5.32 Å². The molecule has 28 heavy (non-hydrogen) atoms. The van der Waals surface area contributed by atoms with Gasteiger partial charge in [0.25, 0.3) is 11.8 Å². The first-order valence-corrected chi connectivity index (χ1v) is 9.09. The summed E-state index contributed by atoms with van der Waals surface area (Å²) in [7, 11) is 1.71. The number of anilines is 1. The number of carbonyl (C=O) groups excluding carboxylic acids is 2. The number of benzene rings is 1. The van der Waals surface area contributed by atoms with Gasteiger partial charge in [-0.25, -0.2) is 4.98 Å². The zero-order valence-electron chi connectivity index (χ0n) is 15.3. The quantitative estimate of drug-likeness (QED) is 0.691. The van der Waals surface area contributed by atoms with Crippen molar-refractivity contribution in [3.05, 3.63) is 89.0 Å². The summed E-state index contributed by atoms with van der Waals surface area (Å²) in [5.41, 5.74) is 1.94. The highest BCUT2D eigenvalue weighted by Gasteiger charge is 2.16. The van der Waals surface area contributed by atoms with Crippen LogP contribution in [0.5, 0.6) is 0 Å². The third-order valence-corrected chi connectivity index (χ3v) is 4.48. The molecule has 0 aliphatic carbocycles. The number of para-hydroxylation sites is 1. The van der Waals surface area contributed by atoms with Crippen molar-refractivity contribution < 1.29 is 9.59 Å². The zero-order chi connectivity index (χ0) is 19.9. The molecule has 0 aliphatic rings. The second-order valence-electron chi connectivity index (χ2n) is 6.17. The predicted octanol–water partition coefficient (Wildman–Crippen LogP) is 3.70. The van der Waals surface area contributed by atoms with Gasteiger partial charge in [0, 0.05) is 26.0 Å². The highest BCUT2D eigenvalue weighted by atomic mass is 35.5. The van der Waals surface area contributed by atoms with Crippen LogP contribution in [0.25, 0.3) is 0 Å². The molecule has 2 aromatic heterocycles. The van der Waals surface area contributed by atoms with Crippen LogP contribution in [0.3, 0.4) is 0 Å². The Balaban J connectivity index is 1.67. The first kappa shape index (κ1) is 19.5. The molecule has 0 spiro atoms. The number of likely N-dealkylation sites (N-methyl/N-ethyl adjacent to an activating group) is 1. The lowest BCUT2D eigenvalue weighted by Crippen LogP contribution is -2.30. The van der Waals surface area contributed by atoms with E-state index in [9.17, 15) is 9.59 Å². The molecule has 0 bridgehead atoms. The lowest BCUT2D eigenvalue weighted by Gasteiger charge is -2.17. The number of aromatic nitrogens is 2. The van der Waals surface area contributed by atoms with E-state index >= 15 is 0 Å². The number of carbonyl (C=O) groups is 2. The molecule has 0 saturated heterocycles. The molecule has 3 aromatic rings. The maximum atomic E-state index is 12.7. The van der Waals surface area contributed by atoms with E-state index in [1.54, 1.807) is 66.8 Å². The van der Waals surface area contributed by atoms with E-state index in [1.165, 1.54) is 0 Å². The van der Waals surface area contributed by atoms with E-state index < -0.39 is 5.91 Å². The van der Waals surface area contributed by atoms with Gasteiger partial charge < -0.3 is 10.2 Å². The van der Waals surface area contributed by atoms with Crippen LogP contribution in [0.15, 0.2) is 67.0 Å². The molecule has 1 aromatic carbocycles. The van der Waals surface area contributed by atoms with Gasteiger partial charge >= 0.3 is 0 Å². The van der Waals surface area contributed by atoms with Gasteiger partial charge in [-0.15, -0.1) is 0 Å². The Hall–Kier alpha value is -3.25.